The zero-order valence-corrected chi connectivity index (χ0v) is 8.75. The summed E-state index contributed by atoms with van der Waals surface area (Å²) in [6.07, 6.45) is 3.06. The Morgan fingerprint density at radius 2 is 2.14 bits per heavy atom. The molecule has 0 atom stereocenters. The van der Waals surface area contributed by atoms with Crippen LogP contribution in [-0.2, 0) is 13.5 Å². The Kier molecular flexibility index (Phi) is 2.30. The number of nitrogens with zero attached hydrogens (tertiary/aromatic N) is 1. The molecule has 2 aromatic rings. The molecule has 0 amide bonds. The van der Waals surface area contributed by atoms with Crippen LogP contribution in [0.15, 0.2) is 24.4 Å². The van der Waals surface area contributed by atoms with Crippen LogP contribution in [0.25, 0.3) is 10.9 Å². The van der Waals surface area contributed by atoms with E-state index in [9.17, 15) is 0 Å². The number of nitrogens with two attached hydrogens (primary N) is 1. The number of aromatic nitrogens is 1. The van der Waals surface area contributed by atoms with Crippen molar-refractivity contribution in [1.29, 1.82) is 0 Å². The minimum absolute atomic E-state index is 0.719. The van der Waals surface area contributed by atoms with Crippen molar-refractivity contribution in [2.45, 2.75) is 13.3 Å². The van der Waals surface area contributed by atoms with E-state index in [1.165, 1.54) is 22.0 Å². The van der Waals surface area contributed by atoms with Gasteiger partial charge < -0.3 is 10.3 Å². The van der Waals surface area contributed by atoms with E-state index in [-0.39, 0.29) is 0 Å². The predicted octanol–water partition coefficient (Wildman–Crippen LogP) is 1.99. The fourth-order valence-corrected chi connectivity index (χ4v) is 1.90. The van der Waals surface area contributed by atoms with Gasteiger partial charge in [-0.25, -0.2) is 0 Å². The topological polar surface area (TPSA) is 30.9 Å². The summed E-state index contributed by atoms with van der Waals surface area (Å²) in [5, 5.41) is 1.31. The number of benzene rings is 1. The molecule has 0 saturated heterocycles. The molecule has 0 aliphatic heterocycles. The molecule has 1 heterocycles. The van der Waals surface area contributed by atoms with Crippen molar-refractivity contribution < 1.29 is 0 Å². The lowest BCUT2D eigenvalue weighted by Gasteiger charge is -2.05. The molecule has 1 aromatic heterocycles. The highest BCUT2D eigenvalue weighted by Gasteiger charge is 2.03. The molecule has 2 N–H and O–H groups in total. The Labute approximate surface area is 84.3 Å². The Hall–Kier alpha value is -1.28. The van der Waals surface area contributed by atoms with Crippen LogP contribution in [0, 0.1) is 6.92 Å². The second-order valence-corrected chi connectivity index (χ2v) is 3.80. The smallest absolute Gasteiger partial charge is 0.0480 e. The van der Waals surface area contributed by atoms with Crippen molar-refractivity contribution in [3.63, 3.8) is 0 Å². The summed E-state index contributed by atoms with van der Waals surface area (Å²) < 4.78 is 2.15. The van der Waals surface area contributed by atoms with Gasteiger partial charge in [-0.1, -0.05) is 0 Å². The maximum absolute atomic E-state index is 5.58. The van der Waals surface area contributed by atoms with Crippen molar-refractivity contribution in [2.75, 3.05) is 6.54 Å². The van der Waals surface area contributed by atoms with E-state index >= 15 is 0 Å². The maximum atomic E-state index is 5.58. The fourth-order valence-electron chi connectivity index (χ4n) is 1.90. The lowest BCUT2D eigenvalue weighted by atomic mass is 10.0. The molecule has 74 valence electrons. The molecular weight excluding hydrogens is 172 g/mol. The molecule has 0 aliphatic rings. The third kappa shape index (κ3) is 1.42. The van der Waals surface area contributed by atoms with Crippen LogP contribution in [0.5, 0.6) is 0 Å². The van der Waals surface area contributed by atoms with E-state index in [0.717, 1.165) is 13.0 Å². The number of fused-ring (bicyclic) bond motifs is 1. The van der Waals surface area contributed by atoms with Crippen LogP contribution in [-0.4, -0.2) is 11.1 Å². The first-order chi connectivity index (χ1) is 6.72. The van der Waals surface area contributed by atoms with Crippen LogP contribution in [0.1, 0.15) is 11.1 Å². The summed E-state index contributed by atoms with van der Waals surface area (Å²) >= 11 is 0. The van der Waals surface area contributed by atoms with Crippen molar-refractivity contribution in [3.05, 3.63) is 35.5 Å². The van der Waals surface area contributed by atoms with Crippen LogP contribution in [0.4, 0.5) is 0 Å². The zero-order chi connectivity index (χ0) is 10.1. The van der Waals surface area contributed by atoms with Gasteiger partial charge in [-0.3, -0.25) is 0 Å². The monoisotopic (exact) mass is 188 g/mol. The van der Waals surface area contributed by atoms with E-state index in [2.05, 4.69) is 42.9 Å². The van der Waals surface area contributed by atoms with Crippen LogP contribution >= 0.6 is 0 Å². The van der Waals surface area contributed by atoms with Gasteiger partial charge in [0.15, 0.2) is 0 Å². The molecule has 14 heavy (non-hydrogen) atoms. The van der Waals surface area contributed by atoms with Crippen LogP contribution in [0.3, 0.4) is 0 Å². The second-order valence-electron chi connectivity index (χ2n) is 3.80. The van der Waals surface area contributed by atoms with Gasteiger partial charge in [0.05, 0.1) is 0 Å². The zero-order valence-electron chi connectivity index (χ0n) is 8.75. The summed E-state index contributed by atoms with van der Waals surface area (Å²) in [6.45, 7) is 2.87. The van der Waals surface area contributed by atoms with E-state index < -0.39 is 0 Å². The van der Waals surface area contributed by atoms with E-state index in [1.807, 2.05) is 0 Å². The molecule has 0 unspecified atom stereocenters. The predicted molar refractivity (Wildman–Crippen MR) is 60.4 cm³/mol. The van der Waals surface area contributed by atoms with Crippen molar-refractivity contribution >= 4 is 10.9 Å². The van der Waals surface area contributed by atoms with Crippen molar-refractivity contribution in [3.8, 4) is 0 Å². The Bertz CT molecular complexity index is 455. The molecular formula is C12H16N2. The molecule has 0 saturated carbocycles. The van der Waals surface area contributed by atoms with E-state index in [0.29, 0.717) is 0 Å². The summed E-state index contributed by atoms with van der Waals surface area (Å²) in [7, 11) is 2.07. The van der Waals surface area contributed by atoms with Gasteiger partial charge in [-0.05, 0) is 54.6 Å². The lowest BCUT2D eigenvalue weighted by molar-refractivity contribution is 0.945. The summed E-state index contributed by atoms with van der Waals surface area (Å²) in [5.41, 5.74) is 9.58. The molecule has 2 nitrogen and oxygen atoms in total. The lowest BCUT2D eigenvalue weighted by Crippen LogP contribution is -2.04. The first-order valence-corrected chi connectivity index (χ1v) is 4.97. The molecule has 1 aromatic carbocycles. The number of hydrogen-bond donors (Lipinski definition) is 1. The Balaban J connectivity index is 2.61. The third-order valence-corrected chi connectivity index (χ3v) is 2.76. The molecule has 2 rings (SSSR count). The quantitative estimate of drug-likeness (QED) is 0.767. The highest BCUT2D eigenvalue weighted by Crippen LogP contribution is 2.20. The largest absolute Gasteiger partial charge is 0.351 e. The van der Waals surface area contributed by atoms with E-state index in [1.54, 1.807) is 0 Å². The number of hydrogen-bond acceptors (Lipinski definition) is 1. The highest BCUT2D eigenvalue weighted by atomic mass is 14.9. The summed E-state index contributed by atoms with van der Waals surface area (Å²) in [6, 6.07) is 6.63. The molecule has 0 radical (unpaired) electrons. The molecule has 0 spiro atoms. The average Bonchev–Trinajstić information content (AvgIpc) is 2.49. The second kappa shape index (κ2) is 3.46. The van der Waals surface area contributed by atoms with Gasteiger partial charge in [0.25, 0.3) is 0 Å². The highest BCUT2D eigenvalue weighted by molar-refractivity contribution is 5.81. The van der Waals surface area contributed by atoms with Gasteiger partial charge in [0.2, 0.25) is 0 Å². The average molecular weight is 188 g/mol. The molecule has 2 heteroatoms. The van der Waals surface area contributed by atoms with Crippen LogP contribution in [0.2, 0.25) is 0 Å². The van der Waals surface area contributed by atoms with Gasteiger partial charge in [-0.2, -0.15) is 0 Å². The summed E-state index contributed by atoms with van der Waals surface area (Å²) in [4.78, 5) is 0. The fraction of sp³-hybridized carbons (Fsp3) is 0.333. The molecule has 0 fully saturated rings. The van der Waals surface area contributed by atoms with E-state index in [4.69, 9.17) is 5.73 Å². The SMILES string of the molecule is Cc1cc2ccn(C)c2cc1CCN. The van der Waals surface area contributed by atoms with Crippen LogP contribution < -0.4 is 5.73 Å². The standard InChI is InChI=1S/C12H16N2/c1-9-7-11-4-6-14(2)12(11)8-10(9)3-5-13/h4,6-8H,3,5,13H2,1-2H3. The third-order valence-electron chi connectivity index (χ3n) is 2.76. The van der Waals surface area contributed by atoms with Crippen molar-refractivity contribution in [1.82, 2.24) is 4.57 Å². The van der Waals surface area contributed by atoms with Gasteiger partial charge in [-0.15, -0.1) is 0 Å². The Morgan fingerprint density at radius 1 is 1.36 bits per heavy atom. The van der Waals surface area contributed by atoms with Gasteiger partial charge >= 0.3 is 0 Å². The minimum Gasteiger partial charge on any atom is -0.351 e. The minimum atomic E-state index is 0.719. The maximum Gasteiger partial charge on any atom is 0.0480 e. The Morgan fingerprint density at radius 3 is 2.86 bits per heavy atom. The first kappa shape index (κ1) is 9.28. The van der Waals surface area contributed by atoms with Gasteiger partial charge in [0, 0.05) is 18.8 Å². The molecule has 0 aliphatic carbocycles. The van der Waals surface area contributed by atoms with Crippen molar-refractivity contribution in [2.24, 2.45) is 12.8 Å². The number of aryl methyl sites for hydroxylation is 2. The van der Waals surface area contributed by atoms with Gasteiger partial charge in [0.1, 0.15) is 0 Å². The first-order valence-electron chi connectivity index (χ1n) is 4.97. The summed E-state index contributed by atoms with van der Waals surface area (Å²) in [5.74, 6) is 0. The number of rotatable bonds is 2. The molecule has 0 bridgehead atoms. The normalized spacial score (nSPS) is 11.1.